The van der Waals surface area contributed by atoms with Crippen LogP contribution < -0.4 is 16.0 Å². The number of carbonyl (C=O) groups excluding carboxylic acids is 1. The highest BCUT2D eigenvalue weighted by atomic mass is 16.6. The first-order valence-electron chi connectivity index (χ1n) is 7.12. The van der Waals surface area contributed by atoms with Gasteiger partial charge in [0.25, 0.3) is 0 Å². The van der Waals surface area contributed by atoms with Gasteiger partial charge < -0.3 is 16.0 Å². The minimum Gasteiger partial charge on any atom is -0.379 e. The number of anilines is 2. The van der Waals surface area contributed by atoms with Crippen molar-refractivity contribution in [1.29, 1.82) is 0 Å². The van der Waals surface area contributed by atoms with E-state index in [4.69, 9.17) is 0 Å². The van der Waals surface area contributed by atoms with E-state index >= 15 is 0 Å². The molecule has 3 N–H and O–H groups in total. The van der Waals surface area contributed by atoms with E-state index in [0.717, 1.165) is 6.42 Å². The predicted molar refractivity (Wildman–Crippen MR) is 83.7 cm³/mol. The molecule has 7 nitrogen and oxygen atoms in total. The molecule has 0 spiro atoms. The fourth-order valence-corrected chi connectivity index (χ4v) is 1.88. The number of nitrogens with zero attached hydrogens (tertiary/aromatic N) is 1. The van der Waals surface area contributed by atoms with Crippen LogP contribution in [0.25, 0.3) is 0 Å². The van der Waals surface area contributed by atoms with Gasteiger partial charge in [-0.1, -0.05) is 13.0 Å². The summed E-state index contributed by atoms with van der Waals surface area (Å²) < 4.78 is 0. The van der Waals surface area contributed by atoms with Crippen molar-refractivity contribution < 1.29 is 9.72 Å². The molecule has 0 radical (unpaired) electrons. The van der Waals surface area contributed by atoms with Crippen LogP contribution in [0.15, 0.2) is 18.2 Å². The number of carbonyl (C=O) groups is 1. The fraction of sp³-hybridized carbons (Fsp3) is 0.500. The third-order valence-electron chi connectivity index (χ3n) is 2.83. The summed E-state index contributed by atoms with van der Waals surface area (Å²) in [4.78, 5) is 22.2. The third-order valence-corrected chi connectivity index (χ3v) is 2.83. The van der Waals surface area contributed by atoms with Crippen LogP contribution in [0.5, 0.6) is 0 Å². The maximum atomic E-state index is 11.4. The summed E-state index contributed by atoms with van der Waals surface area (Å²) >= 11 is 0. The van der Waals surface area contributed by atoms with Crippen LogP contribution in [0.2, 0.25) is 0 Å². The second-order valence-electron chi connectivity index (χ2n) is 4.52. The minimum absolute atomic E-state index is 0.0156. The number of para-hydroxylation sites is 1. The summed E-state index contributed by atoms with van der Waals surface area (Å²) in [5.74, 6) is -0.0760. The molecule has 116 valence electrons. The smallest absolute Gasteiger partial charge is 0.315 e. The van der Waals surface area contributed by atoms with Gasteiger partial charge in [0.2, 0.25) is 5.91 Å². The Morgan fingerprint density at radius 3 is 2.33 bits per heavy atom. The number of nitro groups is 1. The molecule has 0 aliphatic rings. The van der Waals surface area contributed by atoms with Crippen molar-refractivity contribution in [2.24, 2.45) is 0 Å². The molecule has 0 aliphatic heterocycles. The van der Waals surface area contributed by atoms with Crippen LogP contribution in [-0.4, -0.2) is 30.5 Å². The Kier molecular flexibility index (Phi) is 7.00. The molecular formula is C14H22N4O3. The second-order valence-corrected chi connectivity index (χ2v) is 4.52. The quantitative estimate of drug-likeness (QED) is 0.480. The molecule has 0 atom stereocenters. The van der Waals surface area contributed by atoms with Crippen molar-refractivity contribution in [1.82, 2.24) is 5.32 Å². The van der Waals surface area contributed by atoms with E-state index in [0.29, 0.717) is 31.0 Å². The Bertz CT molecular complexity index is 491. The lowest BCUT2D eigenvalue weighted by Gasteiger charge is -2.11. The fourth-order valence-electron chi connectivity index (χ4n) is 1.88. The first-order chi connectivity index (χ1) is 10.1. The lowest BCUT2D eigenvalue weighted by atomic mass is 10.2. The molecule has 7 heteroatoms. The van der Waals surface area contributed by atoms with Crippen molar-refractivity contribution >= 4 is 23.0 Å². The molecule has 1 aromatic rings. The van der Waals surface area contributed by atoms with Gasteiger partial charge in [0, 0.05) is 26.1 Å². The SMILES string of the molecule is CCCNc1cccc(NCCC(=O)NCC)c1[N+](=O)[O-]. The Labute approximate surface area is 124 Å². The molecule has 1 amide bonds. The van der Waals surface area contributed by atoms with Gasteiger partial charge in [-0.15, -0.1) is 0 Å². The molecule has 0 fully saturated rings. The van der Waals surface area contributed by atoms with E-state index in [1.807, 2.05) is 13.8 Å². The molecule has 0 aliphatic carbocycles. The lowest BCUT2D eigenvalue weighted by molar-refractivity contribution is -0.383. The molecule has 1 rings (SSSR count). The average Bonchev–Trinajstić information content (AvgIpc) is 2.45. The predicted octanol–water partition coefficient (Wildman–Crippen LogP) is 2.35. The van der Waals surface area contributed by atoms with Crippen LogP contribution in [-0.2, 0) is 4.79 Å². The van der Waals surface area contributed by atoms with Crippen LogP contribution in [0.4, 0.5) is 17.1 Å². The zero-order chi connectivity index (χ0) is 15.7. The Morgan fingerprint density at radius 1 is 1.19 bits per heavy atom. The summed E-state index contributed by atoms with van der Waals surface area (Å²) in [5.41, 5.74) is 0.928. The second kappa shape index (κ2) is 8.78. The molecule has 21 heavy (non-hydrogen) atoms. The topological polar surface area (TPSA) is 96.3 Å². The van der Waals surface area contributed by atoms with Crippen molar-refractivity contribution in [2.45, 2.75) is 26.7 Å². The molecule has 1 aromatic carbocycles. The first-order valence-corrected chi connectivity index (χ1v) is 7.12. The van der Waals surface area contributed by atoms with Crippen LogP contribution in [0, 0.1) is 10.1 Å². The summed E-state index contributed by atoms with van der Waals surface area (Å²) in [6.45, 7) is 5.44. The number of rotatable bonds is 9. The van der Waals surface area contributed by atoms with E-state index in [1.54, 1.807) is 18.2 Å². The summed E-state index contributed by atoms with van der Waals surface area (Å²) in [6, 6.07) is 5.08. The van der Waals surface area contributed by atoms with E-state index < -0.39 is 4.92 Å². The zero-order valence-corrected chi connectivity index (χ0v) is 12.4. The summed E-state index contributed by atoms with van der Waals surface area (Å²) in [5, 5.41) is 19.9. The van der Waals surface area contributed by atoms with Crippen molar-refractivity contribution in [3.8, 4) is 0 Å². The van der Waals surface area contributed by atoms with E-state index in [2.05, 4.69) is 16.0 Å². The van der Waals surface area contributed by atoms with Crippen molar-refractivity contribution in [3.63, 3.8) is 0 Å². The number of benzene rings is 1. The van der Waals surface area contributed by atoms with Gasteiger partial charge in [0.05, 0.1) is 4.92 Å². The van der Waals surface area contributed by atoms with Gasteiger partial charge in [-0.05, 0) is 25.5 Å². The zero-order valence-electron chi connectivity index (χ0n) is 12.4. The maximum absolute atomic E-state index is 11.4. The van der Waals surface area contributed by atoms with Crippen molar-refractivity contribution in [3.05, 3.63) is 28.3 Å². The molecule has 0 unspecified atom stereocenters. The van der Waals surface area contributed by atoms with Crippen LogP contribution >= 0.6 is 0 Å². The molecule has 0 aromatic heterocycles. The van der Waals surface area contributed by atoms with E-state index in [1.165, 1.54) is 0 Å². The average molecular weight is 294 g/mol. The van der Waals surface area contributed by atoms with Gasteiger partial charge in [0.15, 0.2) is 0 Å². The Morgan fingerprint density at radius 2 is 1.81 bits per heavy atom. The highest BCUT2D eigenvalue weighted by molar-refractivity contribution is 5.78. The monoisotopic (exact) mass is 294 g/mol. The summed E-state index contributed by atoms with van der Waals surface area (Å²) in [7, 11) is 0. The highest BCUT2D eigenvalue weighted by Gasteiger charge is 2.19. The molecule has 0 saturated carbocycles. The van der Waals surface area contributed by atoms with E-state index in [-0.39, 0.29) is 18.0 Å². The minimum atomic E-state index is -0.410. The molecule has 0 saturated heterocycles. The number of nitro benzene ring substituents is 1. The van der Waals surface area contributed by atoms with E-state index in [9.17, 15) is 14.9 Å². The normalized spacial score (nSPS) is 10.0. The first kappa shape index (κ1) is 16.7. The largest absolute Gasteiger partial charge is 0.379 e. The maximum Gasteiger partial charge on any atom is 0.315 e. The van der Waals surface area contributed by atoms with Crippen LogP contribution in [0.1, 0.15) is 26.7 Å². The number of hydrogen-bond donors (Lipinski definition) is 3. The van der Waals surface area contributed by atoms with Crippen LogP contribution in [0.3, 0.4) is 0 Å². The Hall–Kier alpha value is -2.31. The number of amides is 1. The van der Waals surface area contributed by atoms with Gasteiger partial charge in [-0.25, -0.2) is 0 Å². The molecule has 0 heterocycles. The van der Waals surface area contributed by atoms with Gasteiger partial charge in [0.1, 0.15) is 11.4 Å². The number of nitrogens with one attached hydrogen (secondary N) is 3. The Balaban J connectivity index is 2.76. The lowest BCUT2D eigenvalue weighted by Crippen LogP contribution is -2.24. The summed E-state index contributed by atoms with van der Waals surface area (Å²) in [6.07, 6.45) is 1.16. The standard InChI is InChI=1S/C14H22N4O3/c1-3-9-16-11-6-5-7-12(14(11)18(20)21)17-10-8-13(19)15-4-2/h5-7,16-17H,3-4,8-10H2,1-2H3,(H,15,19). The van der Waals surface area contributed by atoms with Gasteiger partial charge in [-0.2, -0.15) is 0 Å². The highest BCUT2D eigenvalue weighted by Crippen LogP contribution is 2.32. The number of hydrogen-bond acceptors (Lipinski definition) is 5. The van der Waals surface area contributed by atoms with Gasteiger partial charge in [-0.3, -0.25) is 14.9 Å². The van der Waals surface area contributed by atoms with Crippen molar-refractivity contribution in [2.75, 3.05) is 30.3 Å². The molecular weight excluding hydrogens is 272 g/mol. The third kappa shape index (κ3) is 5.29. The van der Waals surface area contributed by atoms with Gasteiger partial charge >= 0.3 is 5.69 Å². The molecule has 0 bridgehead atoms.